The first kappa shape index (κ1) is 12.8. The van der Waals surface area contributed by atoms with Crippen molar-refractivity contribution in [1.82, 2.24) is 10.2 Å². The maximum Gasteiger partial charge on any atom is 0.315 e. The summed E-state index contributed by atoms with van der Waals surface area (Å²) in [5, 5.41) is 11.1. The number of aryl methyl sites for hydroxylation is 1. The molecule has 0 aliphatic carbocycles. The number of H-pyrrole nitrogens is 1. The molecule has 0 unspecified atom stereocenters. The van der Waals surface area contributed by atoms with Crippen molar-refractivity contribution in [3.8, 4) is 0 Å². The lowest BCUT2D eigenvalue weighted by atomic mass is 10.1. The van der Waals surface area contributed by atoms with Gasteiger partial charge in [0, 0.05) is 11.8 Å². The van der Waals surface area contributed by atoms with Gasteiger partial charge < -0.3 is 10.6 Å². The second-order valence-corrected chi connectivity index (χ2v) is 3.93. The van der Waals surface area contributed by atoms with Crippen LogP contribution in [0.25, 0.3) is 0 Å². The second kappa shape index (κ2) is 5.81. The molecule has 0 fully saturated rings. The van der Waals surface area contributed by atoms with Crippen molar-refractivity contribution in [2.45, 2.75) is 13.3 Å². The van der Waals surface area contributed by atoms with Crippen LogP contribution < -0.4 is 10.6 Å². The third kappa shape index (κ3) is 3.41. The highest BCUT2D eigenvalue weighted by molar-refractivity contribution is 6.43. The lowest BCUT2D eigenvalue weighted by molar-refractivity contribution is -0.133. The average Bonchev–Trinajstić information content (AvgIpc) is 2.92. The largest absolute Gasteiger partial charge is 0.318 e. The molecule has 2 aromatic rings. The van der Waals surface area contributed by atoms with Crippen LogP contribution in [0.3, 0.4) is 0 Å². The Hall–Kier alpha value is -2.63. The molecule has 1 aromatic heterocycles. The molecule has 0 radical (unpaired) electrons. The van der Waals surface area contributed by atoms with Gasteiger partial charge in [-0.3, -0.25) is 14.7 Å². The van der Waals surface area contributed by atoms with Crippen LogP contribution in [-0.2, 0) is 16.0 Å². The quantitative estimate of drug-likeness (QED) is 0.730. The molecule has 0 bridgehead atoms. The molecule has 2 rings (SSSR count). The lowest BCUT2D eigenvalue weighted by Gasteiger charge is -2.05. The van der Waals surface area contributed by atoms with Crippen molar-refractivity contribution >= 4 is 23.3 Å². The molecule has 0 spiro atoms. The lowest BCUT2D eigenvalue weighted by Crippen LogP contribution is -2.29. The number of carbonyl (C=O) groups excluding carboxylic acids is 2. The molecule has 0 saturated carbocycles. The van der Waals surface area contributed by atoms with E-state index in [4.69, 9.17) is 0 Å². The van der Waals surface area contributed by atoms with Crippen molar-refractivity contribution in [2.75, 3.05) is 10.6 Å². The van der Waals surface area contributed by atoms with Gasteiger partial charge in [-0.1, -0.05) is 19.1 Å². The van der Waals surface area contributed by atoms with E-state index in [1.807, 2.05) is 19.1 Å². The number of amides is 2. The van der Waals surface area contributed by atoms with Crippen molar-refractivity contribution < 1.29 is 9.59 Å². The molecule has 98 valence electrons. The zero-order chi connectivity index (χ0) is 13.7. The Morgan fingerprint density at radius 3 is 2.37 bits per heavy atom. The van der Waals surface area contributed by atoms with Crippen LogP contribution >= 0.6 is 0 Å². The Balaban J connectivity index is 1.94. The van der Waals surface area contributed by atoms with Gasteiger partial charge in [-0.15, -0.1) is 0 Å². The summed E-state index contributed by atoms with van der Waals surface area (Å²) in [6, 6.07) is 8.90. The summed E-state index contributed by atoms with van der Waals surface area (Å²) in [5.41, 5.74) is 1.75. The van der Waals surface area contributed by atoms with Gasteiger partial charge in [0.1, 0.15) is 5.82 Å². The van der Waals surface area contributed by atoms with Gasteiger partial charge >= 0.3 is 11.8 Å². The number of nitrogens with one attached hydrogen (secondary N) is 3. The van der Waals surface area contributed by atoms with Gasteiger partial charge in [-0.2, -0.15) is 5.10 Å². The first-order valence-corrected chi connectivity index (χ1v) is 5.89. The van der Waals surface area contributed by atoms with Gasteiger partial charge in [-0.05, 0) is 24.1 Å². The number of rotatable bonds is 3. The molecule has 0 aliphatic heterocycles. The Kier molecular flexibility index (Phi) is 3.92. The standard InChI is InChI=1S/C13H14N4O2/c1-2-9-3-5-10(6-4-9)15-12(18)13(19)16-11-7-8-14-17-11/h3-8H,2H2,1H3,(H,15,18)(H2,14,16,17,19). The van der Waals surface area contributed by atoms with E-state index in [2.05, 4.69) is 20.8 Å². The fourth-order valence-electron chi connectivity index (χ4n) is 1.52. The van der Waals surface area contributed by atoms with E-state index in [9.17, 15) is 9.59 Å². The molecular weight excluding hydrogens is 244 g/mol. The zero-order valence-corrected chi connectivity index (χ0v) is 10.4. The summed E-state index contributed by atoms with van der Waals surface area (Å²) in [4.78, 5) is 23.2. The molecule has 2 amide bonds. The van der Waals surface area contributed by atoms with Gasteiger partial charge in [0.15, 0.2) is 0 Å². The fraction of sp³-hybridized carbons (Fsp3) is 0.154. The van der Waals surface area contributed by atoms with Gasteiger partial charge in [0.25, 0.3) is 0 Å². The van der Waals surface area contributed by atoms with Crippen LogP contribution in [0.5, 0.6) is 0 Å². The highest BCUT2D eigenvalue weighted by atomic mass is 16.2. The molecule has 1 heterocycles. The Morgan fingerprint density at radius 2 is 1.79 bits per heavy atom. The van der Waals surface area contributed by atoms with Crippen LogP contribution in [0, 0.1) is 0 Å². The molecule has 3 N–H and O–H groups in total. The number of hydrogen-bond donors (Lipinski definition) is 3. The smallest absolute Gasteiger partial charge is 0.315 e. The summed E-state index contributed by atoms with van der Waals surface area (Å²) >= 11 is 0. The van der Waals surface area contributed by atoms with Gasteiger partial charge in [0.2, 0.25) is 0 Å². The maximum absolute atomic E-state index is 11.6. The van der Waals surface area contributed by atoms with Crippen molar-refractivity contribution in [3.63, 3.8) is 0 Å². The van der Waals surface area contributed by atoms with E-state index >= 15 is 0 Å². The second-order valence-electron chi connectivity index (χ2n) is 3.93. The van der Waals surface area contributed by atoms with E-state index in [-0.39, 0.29) is 0 Å². The van der Waals surface area contributed by atoms with Crippen LogP contribution in [0.1, 0.15) is 12.5 Å². The van der Waals surface area contributed by atoms with Crippen molar-refractivity contribution in [1.29, 1.82) is 0 Å². The minimum Gasteiger partial charge on any atom is -0.318 e. The number of carbonyl (C=O) groups is 2. The zero-order valence-electron chi connectivity index (χ0n) is 10.4. The SMILES string of the molecule is CCc1ccc(NC(=O)C(=O)Nc2ccn[nH]2)cc1. The number of nitrogens with zero attached hydrogens (tertiary/aromatic N) is 1. The van der Waals surface area contributed by atoms with Gasteiger partial charge in [0.05, 0.1) is 6.20 Å². The average molecular weight is 258 g/mol. The summed E-state index contributed by atoms with van der Waals surface area (Å²) in [5.74, 6) is -1.09. The fourth-order valence-corrected chi connectivity index (χ4v) is 1.52. The van der Waals surface area contributed by atoms with Crippen molar-refractivity contribution in [2.24, 2.45) is 0 Å². The number of aromatic amines is 1. The van der Waals surface area contributed by atoms with Crippen LogP contribution in [0.2, 0.25) is 0 Å². The van der Waals surface area contributed by atoms with Crippen LogP contribution in [0.15, 0.2) is 36.5 Å². The Bertz CT molecular complexity index is 561. The Labute approximate surface area is 110 Å². The van der Waals surface area contributed by atoms with Crippen LogP contribution in [0.4, 0.5) is 11.5 Å². The van der Waals surface area contributed by atoms with E-state index in [0.717, 1.165) is 6.42 Å². The topological polar surface area (TPSA) is 86.9 Å². The van der Waals surface area contributed by atoms with E-state index < -0.39 is 11.8 Å². The Morgan fingerprint density at radius 1 is 1.11 bits per heavy atom. The molecule has 0 saturated heterocycles. The summed E-state index contributed by atoms with van der Waals surface area (Å²) < 4.78 is 0. The highest BCUT2D eigenvalue weighted by Crippen LogP contribution is 2.10. The van der Waals surface area contributed by atoms with Crippen molar-refractivity contribution in [3.05, 3.63) is 42.1 Å². The summed E-state index contributed by atoms with van der Waals surface area (Å²) in [6.45, 7) is 2.05. The first-order valence-electron chi connectivity index (χ1n) is 5.89. The van der Waals surface area contributed by atoms with E-state index in [1.165, 1.54) is 11.8 Å². The predicted molar refractivity (Wildman–Crippen MR) is 71.7 cm³/mol. The summed E-state index contributed by atoms with van der Waals surface area (Å²) in [6.07, 6.45) is 2.41. The molecule has 19 heavy (non-hydrogen) atoms. The molecule has 0 aliphatic rings. The third-order valence-electron chi connectivity index (χ3n) is 2.58. The number of hydrogen-bond acceptors (Lipinski definition) is 3. The molecule has 6 heteroatoms. The summed E-state index contributed by atoms with van der Waals surface area (Å²) in [7, 11) is 0. The molecule has 1 aromatic carbocycles. The minimum atomic E-state index is -0.746. The van der Waals surface area contributed by atoms with Crippen LogP contribution in [-0.4, -0.2) is 22.0 Å². The molecular formula is C13H14N4O2. The maximum atomic E-state index is 11.6. The van der Waals surface area contributed by atoms with E-state index in [1.54, 1.807) is 18.2 Å². The van der Waals surface area contributed by atoms with E-state index in [0.29, 0.717) is 11.5 Å². The third-order valence-corrected chi connectivity index (χ3v) is 2.58. The normalized spacial score (nSPS) is 9.95. The minimum absolute atomic E-state index is 0.376. The first-order chi connectivity index (χ1) is 9.19. The predicted octanol–water partition coefficient (Wildman–Crippen LogP) is 1.55. The number of aromatic nitrogens is 2. The highest BCUT2D eigenvalue weighted by Gasteiger charge is 2.14. The van der Waals surface area contributed by atoms with Gasteiger partial charge in [-0.25, -0.2) is 0 Å². The number of anilines is 2. The molecule has 6 nitrogen and oxygen atoms in total. The number of benzene rings is 1. The monoisotopic (exact) mass is 258 g/mol. The molecule has 0 atom stereocenters.